The van der Waals surface area contributed by atoms with Crippen LogP contribution in [0.1, 0.15) is 0 Å². The van der Waals surface area contributed by atoms with Crippen molar-refractivity contribution in [2.24, 2.45) is 7.05 Å². The standard InChI is InChI=1S/C16H13BrN4O/c1-21-8-9(6-19-21)12-5-10-13(7-18-12)20-11-3-4-14(22-2)16(17)15(10)11/h3-8,20H,1-2H3. The Morgan fingerprint density at radius 2 is 2.09 bits per heavy atom. The van der Waals surface area contributed by atoms with E-state index in [9.17, 15) is 0 Å². The molecule has 5 nitrogen and oxygen atoms in total. The van der Waals surface area contributed by atoms with Crippen molar-refractivity contribution in [1.82, 2.24) is 19.7 Å². The fraction of sp³-hybridized carbons (Fsp3) is 0.125. The molecule has 1 aromatic carbocycles. The van der Waals surface area contributed by atoms with Crippen molar-refractivity contribution in [3.05, 3.63) is 41.3 Å². The number of fused-ring (bicyclic) bond motifs is 3. The van der Waals surface area contributed by atoms with E-state index in [-0.39, 0.29) is 0 Å². The zero-order valence-electron chi connectivity index (χ0n) is 12.1. The van der Waals surface area contributed by atoms with E-state index in [0.717, 1.165) is 43.3 Å². The molecule has 0 fully saturated rings. The van der Waals surface area contributed by atoms with Gasteiger partial charge in [-0.3, -0.25) is 9.67 Å². The number of hydrogen-bond acceptors (Lipinski definition) is 3. The topological polar surface area (TPSA) is 55.7 Å². The highest BCUT2D eigenvalue weighted by molar-refractivity contribution is 9.10. The first-order valence-corrected chi connectivity index (χ1v) is 7.59. The van der Waals surface area contributed by atoms with Crippen molar-refractivity contribution in [1.29, 1.82) is 0 Å². The summed E-state index contributed by atoms with van der Waals surface area (Å²) in [7, 11) is 3.57. The number of aromatic amines is 1. The third-order valence-corrected chi connectivity index (χ3v) is 4.56. The summed E-state index contributed by atoms with van der Waals surface area (Å²) in [4.78, 5) is 7.91. The van der Waals surface area contributed by atoms with Crippen LogP contribution in [0.3, 0.4) is 0 Å². The SMILES string of the molecule is COc1ccc2[nH]c3cnc(-c4cnn(C)c4)cc3c2c1Br. The van der Waals surface area contributed by atoms with E-state index in [4.69, 9.17) is 4.74 Å². The van der Waals surface area contributed by atoms with Crippen LogP contribution in [0.5, 0.6) is 5.75 Å². The number of methoxy groups -OCH3 is 1. The van der Waals surface area contributed by atoms with E-state index < -0.39 is 0 Å². The van der Waals surface area contributed by atoms with Crippen molar-refractivity contribution >= 4 is 37.7 Å². The number of aryl methyl sites for hydroxylation is 1. The molecule has 3 heterocycles. The third-order valence-electron chi connectivity index (χ3n) is 3.77. The Morgan fingerprint density at radius 3 is 2.82 bits per heavy atom. The van der Waals surface area contributed by atoms with E-state index in [1.807, 2.05) is 37.8 Å². The molecule has 0 amide bonds. The molecule has 0 aliphatic carbocycles. The molecule has 0 radical (unpaired) electrons. The number of nitrogens with zero attached hydrogens (tertiary/aromatic N) is 3. The Labute approximate surface area is 135 Å². The van der Waals surface area contributed by atoms with E-state index in [1.54, 1.807) is 11.8 Å². The molecule has 0 atom stereocenters. The van der Waals surface area contributed by atoms with Gasteiger partial charge in [0.05, 0.1) is 35.2 Å². The molecule has 6 heteroatoms. The minimum absolute atomic E-state index is 0.813. The van der Waals surface area contributed by atoms with Gasteiger partial charge in [-0.15, -0.1) is 0 Å². The van der Waals surface area contributed by atoms with Gasteiger partial charge in [0, 0.05) is 35.1 Å². The summed E-state index contributed by atoms with van der Waals surface area (Å²) in [5, 5.41) is 6.41. The van der Waals surface area contributed by atoms with Crippen molar-refractivity contribution in [3.8, 4) is 17.0 Å². The third kappa shape index (κ3) is 1.91. The van der Waals surface area contributed by atoms with Gasteiger partial charge in [0.25, 0.3) is 0 Å². The van der Waals surface area contributed by atoms with Crippen LogP contribution in [0.25, 0.3) is 33.1 Å². The molecule has 0 aliphatic rings. The summed E-state index contributed by atoms with van der Waals surface area (Å²) < 4.78 is 8.12. The van der Waals surface area contributed by atoms with Gasteiger partial charge in [0.2, 0.25) is 0 Å². The van der Waals surface area contributed by atoms with Gasteiger partial charge in [-0.05, 0) is 34.1 Å². The number of benzene rings is 1. The number of halogens is 1. The van der Waals surface area contributed by atoms with Gasteiger partial charge < -0.3 is 9.72 Å². The first-order valence-electron chi connectivity index (χ1n) is 6.80. The summed E-state index contributed by atoms with van der Waals surface area (Å²) in [6.07, 6.45) is 5.63. The molecule has 0 aliphatic heterocycles. The number of pyridine rings is 1. The molecule has 0 saturated heterocycles. The van der Waals surface area contributed by atoms with Crippen LogP contribution in [0, 0.1) is 0 Å². The molecule has 4 aromatic rings. The van der Waals surface area contributed by atoms with Crippen LogP contribution in [-0.4, -0.2) is 26.9 Å². The second-order valence-electron chi connectivity index (χ2n) is 5.15. The summed E-state index contributed by atoms with van der Waals surface area (Å²) in [6.45, 7) is 0. The molecule has 0 unspecified atom stereocenters. The van der Waals surface area contributed by atoms with Crippen LogP contribution in [-0.2, 0) is 7.05 Å². The maximum Gasteiger partial charge on any atom is 0.133 e. The molecule has 0 spiro atoms. The molecule has 4 rings (SSSR count). The van der Waals surface area contributed by atoms with Crippen LogP contribution >= 0.6 is 15.9 Å². The summed E-state index contributed by atoms with van der Waals surface area (Å²) in [5.41, 5.74) is 3.94. The Hall–Kier alpha value is -2.34. The number of nitrogens with one attached hydrogen (secondary N) is 1. The average molecular weight is 357 g/mol. The highest BCUT2D eigenvalue weighted by Crippen LogP contribution is 2.38. The zero-order valence-corrected chi connectivity index (χ0v) is 13.7. The lowest BCUT2D eigenvalue weighted by atomic mass is 10.1. The van der Waals surface area contributed by atoms with E-state index in [0.29, 0.717) is 0 Å². The second-order valence-corrected chi connectivity index (χ2v) is 5.94. The van der Waals surface area contributed by atoms with Gasteiger partial charge in [0.15, 0.2) is 0 Å². The van der Waals surface area contributed by atoms with Crippen molar-refractivity contribution in [2.75, 3.05) is 7.11 Å². The molecular weight excluding hydrogens is 344 g/mol. The smallest absolute Gasteiger partial charge is 0.133 e. The number of hydrogen-bond donors (Lipinski definition) is 1. The highest BCUT2D eigenvalue weighted by atomic mass is 79.9. The van der Waals surface area contributed by atoms with Gasteiger partial charge in [-0.1, -0.05) is 0 Å². The molecule has 110 valence electrons. The summed E-state index contributed by atoms with van der Waals surface area (Å²) in [5.74, 6) is 0.813. The first-order chi connectivity index (χ1) is 10.7. The maximum atomic E-state index is 5.40. The second kappa shape index (κ2) is 4.84. The normalized spacial score (nSPS) is 11.4. The minimum atomic E-state index is 0.813. The Bertz CT molecular complexity index is 1000. The molecular formula is C16H13BrN4O. The molecule has 3 aromatic heterocycles. The fourth-order valence-electron chi connectivity index (χ4n) is 2.70. The predicted octanol–water partition coefficient (Wildman–Crippen LogP) is 3.89. The van der Waals surface area contributed by atoms with Crippen LogP contribution in [0.4, 0.5) is 0 Å². The van der Waals surface area contributed by atoms with Crippen LogP contribution < -0.4 is 4.74 Å². The van der Waals surface area contributed by atoms with Gasteiger partial charge in [-0.2, -0.15) is 5.10 Å². The molecule has 0 saturated carbocycles. The Morgan fingerprint density at radius 1 is 1.23 bits per heavy atom. The van der Waals surface area contributed by atoms with Crippen molar-refractivity contribution in [2.45, 2.75) is 0 Å². The largest absolute Gasteiger partial charge is 0.496 e. The number of rotatable bonds is 2. The highest BCUT2D eigenvalue weighted by Gasteiger charge is 2.13. The lowest BCUT2D eigenvalue weighted by Gasteiger charge is -2.04. The lowest BCUT2D eigenvalue weighted by Crippen LogP contribution is -1.85. The van der Waals surface area contributed by atoms with Crippen LogP contribution in [0.2, 0.25) is 0 Å². The van der Waals surface area contributed by atoms with E-state index in [1.165, 1.54) is 0 Å². The summed E-state index contributed by atoms with van der Waals surface area (Å²) in [6, 6.07) is 6.04. The Kier molecular flexibility index (Phi) is 2.94. The zero-order chi connectivity index (χ0) is 15.3. The monoisotopic (exact) mass is 356 g/mol. The number of H-pyrrole nitrogens is 1. The van der Waals surface area contributed by atoms with Crippen molar-refractivity contribution < 1.29 is 4.74 Å². The average Bonchev–Trinajstić information content (AvgIpc) is 3.10. The molecule has 22 heavy (non-hydrogen) atoms. The molecule has 0 bridgehead atoms. The molecule has 1 N–H and O–H groups in total. The Balaban J connectivity index is 2.03. The quantitative estimate of drug-likeness (QED) is 0.592. The van der Waals surface area contributed by atoms with Gasteiger partial charge in [0.1, 0.15) is 5.75 Å². The first kappa shape index (κ1) is 13.3. The van der Waals surface area contributed by atoms with E-state index in [2.05, 4.69) is 37.1 Å². The number of aromatic nitrogens is 4. The van der Waals surface area contributed by atoms with Gasteiger partial charge >= 0.3 is 0 Å². The number of ether oxygens (including phenoxy) is 1. The summed E-state index contributed by atoms with van der Waals surface area (Å²) >= 11 is 3.65. The van der Waals surface area contributed by atoms with Crippen molar-refractivity contribution in [3.63, 3.8) is 0 Å². The maximum absolute atomic E-state index is 5.40. The van der Waals surface area contributed by atoms with Gasteiger partial charge in [-0.25, -0.2) is 0 Å². The predicted molar refractivity (Wildman–Crippen MR) is 90.1 cm³/mol. The lowest BCUT2D eigenvalue weighted by molar-refractivity contribution is 0.413. The minimum Gasteiger partial charge on any atom is -0.496 e. The van der Waals surface area contributed by atoms with E-state index >= 15 is 0 Å². The van der Waals surface area contributed by atoms with Crippen LogP contribution in [0.15, 0.2) is 41.3 Å². The fourth-order valence-corrected chi connectivity index (χ4v) is 3.42.